The fourth-order valence-electron chi connectivity index (χ4n) is 0.893. The van der Waals surface area contributed by atoms with E-state index in [0.717, 1.165) is 12.2 Å². The summed E-state index contributed by atoms with van der Waals surface area (Å²) in [5, 5.41) is 0. The molecular formula is C7H10N2O2S. The van der Waals surface area contributed by atoms with Crippen LogP contribution in [-0.2, 0) is 6.42 Å². The Hall–Kier alpha value is -0.970. The third-order valence-corrected chi connectivity index (χ3v) is 1.82. The fourth-order valence-corrected chi connectivity index (χ4v) is 1.05. The summed E-state index contributed by atoms with van der Waals surface area (Å²) in [6.07, 6.45) is 2.93. The molecule has 0 radical (unpaired) electrons. The van der Waals surface area contributed by atoms with Gasteiger partial charge < -0.3 is 4.98 Å². The Labute approximate surface area is 74.4 Å². The monoisotopic (exact) mass is 186 g/mol. The predicted molar refractivity (Wildman–Crippen MR) is 49.9 cm³/mol. The molecule has 0 fully saturated rings. The molecule has 0 amide bonds. The van der Waals surface area contributed by atoms with Crippen molar-refractivity contribution in [3.05, 3.63) is 32.6 Å². The van der Waals surface area contributed by atoms with E-state index in [-0.39, 0.29) is 5.56 Å². The second kappa shape index (κ2) is 4.15. The fraction of sp³-hybridized carbons (Fsp3) is 0.429. The van der Waals surface area contributed by atoms with Gasteiger partial charge in [-0.2, -0.15) is 12.6 Å². The minimum atomic E-state index is -0.463. The van der Waals surface area contributed by atoms with Crippen molar-refractivity contribution >= 4 is 12.6 Å². The molecule has 0 unspecified atom stereocenters. The average molecular weight is 186 g/mol. The van der Waals surface area contributed by atoms with E-state index in [0.29, 0.717) is 12.0 Å². The Bertz CT molecular complexity index is 355. The van der Waals surface area contributed by atoms with Gasteiger partial charge >= 0.3 is 5.69 Å². The van der Waals surface area contributed by atoms with Crippen molar-refractivity contribution in [3.8, 4) is 0 Å². The van der Waals surface area contributed by atoms with Crippen LogP contribution in [0.25, 0.3) is 0 Å². The van der Waals surface area contributed by atoms with Gasteiger partial charge in [0.1, 0.15) is 0 Å². The highest BCUT2D eigenvalue weighted by molar-refractivity contribution is 7.80. The molecule has 0 saturated carbocycles. The maximum Gasteiger partial charge on any atom is 0.325 e. The molecule has 2 N–H and O–H groups in total. The van der Waals surface area contributed by atoms with E-state index in [1.165, 1.54) is 6.20 Å². The average Bonchev–Trinajstić information content (AvgIpc) is 2.03. The lowest BCUT2D eigenvalue weighted by Gasteiger charge is -1.95. The summed E-state index contributed by atoms with van der Waals surface area (Å²) < 4.78 is 0. The van der Waals surface area contributed by atoms with E-state index < -0.39 is 5.69 Å². The second-order valence-corrected chi connectivity index (χ2v) is 2.87. The second-order valence-electron chi connectivity index (χ2n) is 2.42. The van der Waals surface area contributed by atoms with E-state index in [1.807, 2.05) is 0 Å². The quantitative estimate of drug-likeness (QED) is 0.578. The van der Waals surface area contributed by atoms with Gasteiger partial charge in [-0.25, -0.2) is 4.79 Å². The first kappa shape index (κ1) is 9.12. The molecule has 66 valence electrons. The Balaban J connectivity index is 2.87. The summed E-state index contributed by atoms with van der Waals surface area (Å²) in [6, 6.07) is 0. The lowest BCUT2D eigenvalue weighted by Crippen LogP contribution is -2.24. The van der Waals surface area contributed by atoms with Gasteiger partial charge in [0.05, 0.1) is 0 Å². The highest BCUT2D eigenvalue weighted by Crippen LogP contribution is 1.93. The van der Waals surface area contributed by atoms with Crippen LogP contribution >= 0.6 is 12.6 Å². The predicted octanol–water partition coefficient (Wildman–Crippen LogP) is -0.0744. The number of aromatic nitrogens is 2. The van der Waals surface area contributed by atoms with Gasteiger partial charge in [-0.1, -0.05) is 0 Å². The summed E-state index contributed by atoms with van der Waals surface area (Å²) in [5.74, 6) is 0.735. The van der Waals surface area contributed by atoms with Crippen molar-refractivity contribution in [1.29, 1.82) is 0 Å². The summed E-state index contributed by atoms with van der Waals surface area (Å²) in [7, 11) is 0. The summed E-state index contributed by atoms with van der Waals surface area (Å²) >= 11 is 4.02. The zero-order valence-corrected chi connectivity index (χ0v) is 7.36. The molecule has 1 aromatic rings. The Morgan fingerprint density at radius 1 is 1.42 bits per heavy atom. The van der Waals surface area contributed by atoms with Crippen molar-refractivity contribution < 1.29 is 0 Å². The Kier molecular flexibility index (Phi) is 3.16. The number of H-pyrrole nitrogens is 2. The Morgan fingerprint density at radius 2 is 2.17 bits per heavy atom. The number of rotatable bonds is 3. The van der Waals surface area contributed by atoms with Crippen molar-refractivity contribution in [2.45, 2.75) is 12.8 Å². The number of hydrogen-bond acceptors (Lipinski definition) is 3. The van der Waals surface area contributed by atoms with Crippen molar-refractivity contribution in [2.75, 3.05) is 5.75 Å². The SMILES string of the molecule is O=c1[nH]cc(CCCS)c(=O)[nH]1. The third-order valence-electron chi connectivity index (χ3n) is 1.50. The van der Waals surface area contributed by atoms with Crippen LogP contribution in [0.5, 0.6) is 0 Å². The van der Waals surface area contributed by atoms with Gasteiger partial charge in [0.2, 0.25) is 0 Å². The molecule has 0 aliphatic rings. The van der Waals surface area contributed by atoms with Crippen LogP contribution in [-0.4, -0.2) is 15.7 Å². The van der Waals surface area contributed by atoms with Crippen LogP contribution in [0.1, 0.15) is 12.0 Å². The zero-order chi connectivity index (χ0) is 8.97. The summed E-state index contributed by atoms with van der Waals surface area (Å²) in [5.41, 5.74) is -0.168. The van der Waals surface area contributed by atoms with Crippen LogP contribution in [0.15, 0.2) is 15.8 Å². The smallest absolute Gasteiger partial charge is 0.314 e. The van der Waals surface area contributed by atoms with Gasteiger partial charge in [-0.3, -0.25) is 9.78 Å². The molecule has 0 aliphatic heterocycles. The van der Waals surface area contributed by atoms with Gasteiger partial charge in [-0.05, 0) is 18.6 Å². The molecule has 0 aromatic carbocycles. The largest absolute Gasteiger partial charge is 0.325 e. The lowest BCUT2D eigenvalue weighted by atomic mass is 10.2. The molecule has 0 spiro atoms. The molecule has 1 rings (SSSR count). The number of aryl methyl sites for hydroxylation is 1. The standard InChI is InChI=1S/C7H10N2O2S/c10-6-5(2-1-3-12)4-8-7(11)9-6/h4,12H,1-3H2,(H2,8,9,10,11). The summed E-state index contributed by atoms with van der Waals surface area (Å²) in [6.45, 7) is 0. The summed E-state index contributed by atoms with van der Waals surface area (Å²) in [4.78, 5) is 26.2. The highest BCUT2D eigenvalue weighted by Gasteiger charge is 1.97. The molecule has 1 heterocycles. The van der Waals surface area contributed by atoms with E-state index in [2.05, 4.69) is 22.6 Å². The molecule has 0 atom stereocenters. The molecule has 5 heteroatoms. The topological polar surface area (TPSA) is 65.7 Å². The Morgan fingerprint density at radius 3 is 2.75 bits per heavy atom. The molecule has 0 aliphatic carbocycles. The van der Waals surface area contributed by atoms with E-state index in [9.17, 15) is 9.59 Å². The molecule has 4 nitrogen and oxygen atoms in total. The first-order valence-electron chi connectivity index (χ1n) is 3.66. The van der Waals surface area contributed by atoms with E-state index >= 15 is 0 Å². The van der Waals surface area contributed by atoms with Crippen molar-refractivity contribution in [3.63, 3.8) is 0 Å². The van der Waals surface area contributed by atoms with E-state index in [1.54, 1.807) is 0 Å². The number of aromatic amines is 2. The molecule has 0 bridgehead atoms. The van der Waals surface area contributed by atoms with Gasteiger partial charge in [-0.15, -0.1) is 0 Å². The van der Waals surface area contributed by atoms with Gasteiger partial charge in [0.15, 0.2) is 0 Å². The maximum atomic E-state index is 11.0. The number of thiol groups is 1. The van der Waals surface area contributed by atoms with E-state index in [4.69, 9.17) is 0 Å². The maximum absolute atomic E-state index is 11.0. The van der Waals surface area contributed by atoms with Crippen molar-refractivity contribution in [2.24, 2.45) is 0 Å². The lowest BCUT2D eigenvalue weighted by molar-refractivity contribution is 0.881. The first-order chi connectivity index (χ1) is 5.74. The number of nitrogens with one attached hydrogen (secondary N) is 2. The first-order valence-corrected chi connectivity index (χ1v) is 4.29. The van der Waals surface area contributed by atoms with Crippen LogP contribution in [0, 0.1) is 0 Å². The van der Waals surface area contributed by atoms with Crippen molar-refractivity contribution in [1.82, 2.24) is 9.97 Å². The zero-order valence-electron chi connectivity index (χ0n) is 6.46. The normalized spacial score (nSPS) is 10.1. The van der Waals surface area contributed by atoms with Crippen LogP contribution in [0.3, 0.4) is 0 Å². The van der Waals surface area contributed by atoms with Gasteiger partial charge in [0, 0.05) is 11.8 Å². The minimum Gasteiger partial charge on any atom is -0.314 e. The third kappa shape index (κ3) is 2.27. The molecular weight excluding hydrogens is 176 g/mol. The van der Waals surface area contributed by atoms with Gasteiger partial charge in [0.25, 0.3) is 5.56 Å². The number of hydrogen-bond donors (Lipinski definition) is 3. The van der Waals surface area contributed by atoms with Crippen LogP contribution in [0.2, 0.25) is 0 Å². The molecule has 0 saturated heterocycles. The van der Waals surface area contributed by atoms with Crippen LogP contribution < -0.4 is 11.2 Å². The minimum absolute atomic E-state index is 0.305. The molecule has 12 heavy (non-hydrogen) atoms. The molecule has 1 aromatic heterocycles. The highest BCUT2D eigenvalue weighted by atomic mass is 32.1. The van der Waals surface area contributed by atoms with Crippen LogP contribution in [0.4, 0.5) is 0 Å².